The van der Waals surface area contributed by atoms with Crippen LogP contribution in [-0.2, 0) is 6.42 Å². The Balaban J connectivity index is 1.86. The number of para-hydroxylation sites is 2. The van der Waals surface area contributed by atoms with Gasteiger partial charge in [0.05, 0.1) is 11.2 Å². The second-order valence-corrected chi connectivity index (χ2v) is 7.73. The number of nitrogen functional groups attached to an aromatic ring is 1. The zero-order valence-electron chi connectivity index (χ0n) is 17.2. The number of fused-ring (bicyclic) bond motifs is 1. The minimum absolute atomic E-state index is 0.273. The van der Waals surface area contributed by atoms with Gasteiger partial charge in [-0.3, -0.25) is 0 Å². The van der Waals surface area contributed by atoms with E-state index in [0.717, 1.165) is 44.4 Å². The van der Waals surface area contributed by atoms with Crippen molar-refractivity contribution in [2.24, 2.45) is 0 Å². The van der Waals surface area contributed by atoms with Crippen LogP contribution >= 0.6 is 0 Å². The summed E-state index contributed by atoms with van der Waals surface area (Å²) in [4.78, 5) is 4.99. The lowest BCUT2D eigenvalue weighted by Gasteiger charge is -2.19. The maximum absolute atomic E-state index is 13.8. The minimum Gasteiger partial charge on any atom is -0.398 e. The first-order valence-corrected chi connectivity index (χ1v) is 10.4. The summed E-state index contributed by atoms with van der Waals surface area (Å²) in [7, 11) is 0. The SMILES string of the molecule is Nc1ccccc1-c1nc2ccccc2c(Cc2ccc(F)cc2)c1-c1ccc(F)cc1. The normalized spacial score (nSPS) is 11.1. The molecule has 0 saturated heterocycles. The second kappa shape index (κ2) is 8.23. The van der Waals surface area contributed by atoms with Crippen molar-refractivity contribution in [2.75, 3.05) is 5.73 Å². The molecule has 0 radical (unpaired) electrons. The molecule has 0 spiro atoms. The molecular weight excluding hydrogens is 402 g/mol. The van der Waals surface area contributed by atoms with Crippen molar-refractivity contribution >= 4 is 16.6 Å². The average molecular weight is 422 g/mol. The number of halogens is 2. The minimum atomic E-state index is -0.302. The molecule has 1 heterocycles. The quantitative estimate of drug-likeness (QED) is 0.316. The molecule has 5 aromatic rings. The number of nitrogens with two attached hydrogens (primary N) is 1. The summed E-state index contributed by atoms with van der Waals surface area (Å²) in [6, 6.07) is 28.5. The first-order chi connectivity index (χ1) is 15.6. The van der Waals surface area contributed by atoms with Crippen molar-refractivity contribution in [3.05, 3.63) is 120 Å². The summed E-state index contributed by atoms with van der Waals surface area (Å²) < 4.78 is 27.3. The molecule has 0 bridgehead atoms. The Bertz CT molecular complexity index is 1410. The third-order valence-electron chi connectivity index (χ3n) is 5.64. The molecule has 4 aromatic carbocycles. The molecule has 0 saturated carbocycles. The van der Waals surface area contributed by atoms with E-state index in [2.05, 4.69) is 0 Å². The van der Waals surface area contributed by atoms with Crippen molar-refractivity contribution in [1.82, 2.24) is 4.98 Å². The van der Waals surface area contributed by atoms with E-state index in [4.69, 9.17) is 10.7 Å². The topological polar surface area (TPSA) is 38.9 Å². The van der Waals surface area contributed by atoms with E-state index in [-0.39, 0.29) is 11.6 Å². The van der Waals surface area contributed by atoms with Gasteiger partial charge in [-0.1, -0.05) is 60.7 Å². The lowest BCUT2D eigenvalue weighted by molar-refractivity contribution is 0.627. The summed E-state index contributed by atoms with van der Waals surface area (Å²) in [5.74, 6) is -0.576. The van der Waals surface area contributed by atoms with Crippen molar-refractivity contribution in [1.29, 1.82) is 0 Å². The van der Waals surface area contributed by atoms with E-state index < -0.39 is 0 Å². The highest BCUT2D eigenvalue weighted by molar-refractivity contribution is 5.97. The highest BCUT2D eigenvalue weighted by atomic mass is 19.1. The van der Waals surface area contributed by atoms with Crippen LogP contribution in [0.5, 0.6) is 0 Å². The van der Waals surface area contributed by atoms with Gasteiger partial charge < -0.3 is 5.73 Å². The van der Waals surface area contributed by atoms with E-state index in [0.29, 0.717) is 12.1 Å². The first kappa shape index (κ1) is 19.9. The zero-order valence-corrected chi connectivity index (χ0v) is 17.2. The van der Waals surface area contributed by atoms with Gasteiger partial charge in [0.15, 0.2) is 0 Å². The smallest absolute Gasteiger partial charge is 0.123 e. The molecule has 0 aliphatic carbocycles. The Morgan fingerprint density at radius 1 is 0.688 bits per heavy atom. The number of benzene rings is 4. The van der Waals surface area contributed by atoms with E-state index in [1.165, 1.54) is 24.3 Å². The van der Waals surface area contributed by atoms with Crippen LogP contribution in [0.15, 0.2) is 97.1 Å². The Morgan fingerprint density at radius 2 is 1.31 bits per heavy atom. The monoisotopic (exact) mass is 422 g/mol. The molecule has 0 amide bonds. The molecule has 156 valence electrons. The molecule has 5 rings (SSSR count). The van der Waals surface area contributed by atoms with Gasteiger partial charge in [-0.2, -0.15) is 0 Å². The van der Waals surface area contributed by atoms with E-state index in [9.17, 15) is 8.78 Å². The van der Waals surface area contributed by atoms with Crippen LogP contribution in [0, 0.1) is 11.6 Å². The molecule has 0 atom stereocenters. The number of hydrogen-bond donors (Lipinski definition) is 1. The van der Waals surface area contributed by atoms with Gasteiger partial charge in [0.25, 0.3) is 0 Å². The second-order valence-electron chi connectivity index (χ2n) is 7.73. The third-order valence-corrected chi connectivity index (χ3v) is 5.64. The molecule has 2 N–H and O–H groups in total. The fourth-order valence-corrected chi connectivity index (χ4v) is 4.11. The molecule has 4 heteroatoms. The molecule has 0 fully saturated rings. The molecule has 0 aliphatic rings. The fourth-order valence-electron chi connectivity index (χ4n) is 4.11. The van der Waals surface area contributed by atoms with Crippen LogP contribution in [-0.4, -0.2) is 4.98 Å². The van der Waals surface area contributed by atoms with Gasteiger partial charge in [-0.25, -0.2) is 13.8 Å². The Labute approximate surface area is 185 Å². The highest BCUT2D eigenvalue weighted by Crippen LogP contribution is 2.40. The van der Waals surface area contributed by atoms with Crippen LogP contribution < -0.4 is 5.73 Å². The highest BCUT2D eigenvalue weighted by Gasteiger charge is 2.20. The maximum Gasteiger partial charge on any atom is 0.123 e. The van der Waals surface area contributed by atoms with Gasteiger partial charge in [-0.05, 0) is 59.5 Å². The number of aromatic nitrogens is 1. The van der Waals surface area contributed by atoms with Crippen molar-refractivity contribution in [3.63, 3.8) is 0 Å². The van der Waals surface area contributed by atoms with Crippen LogP contribution in [0.1, 0.15) is 11.1 Å². The van der Waals surface area contributed by atoms with E-state index >= 15 is 0 Å². The van der Waals surface area contributed by atoms with Crippen LogP contribution in [0.2, 0.25) is 0 Å². The number of anilines is 1. The summed E-state index contributed by atoms with van der Waals surface area (Å²) in [5.41, 5.74) is 13.1. The summed E-state index contributed by atoms with van der Waals surface area (Å²) >= 11 is 0. The van der Waals surface area contributed by atoms with Gasteiger partial charge in [-0.15, -0.1) is 0 Å². The lowest BCUT2D eigenvalue weighted by atomic mass is 9.88. The predicted octanol–water partition coefficient (Wildman–Crippen LogP) is 7.02. The maximum atomic E-state index is 13.8. The Hall–Kier alpha value is -4.05. The van der Waals surface area contributed by atoms with Gasteiger partial charge in [0.1, 0.15) is 11.6 Å². The molecular formula is C28H20F2N2. The number of nitrogens with zero attached hydrogens (tertiary/aromatic N) is 1. The number of hydrogen-bond acceptors (Lipinski definition) is 2. The molecule has 1 aromatic heterocycles. The zero-order chi connectivity index (χ0) is 22.1. The average Bonchev–Trinajstić information content (AvgIpc) is 2.81. The van der Waals surface area contributed by atoms with Gasteiger partial charge in [0.2, 0.25) is 0 Å². The van der Waals surface area contributed by atoms with Crippen LogP contribution in [0.4, 0.5) is 14.5 Å². The molecule has 0 aliphatic heterocycles. The Morgan fingerprint density at radius 3 is 2.03 bits per heavy atom. The van der Waals surface area contributed by atoms with Crippen LogP contribution in [0.25, 0.3) is 33.3 Å². The number of rotatable bonds is 4. The fraction of sp³-hybridized carbons (Fsp3) is 0.0357. The Kier molecular flexibility index (Phi) is 5.12. The largest absolute Gasteiger partial charge is 0.398 e. The van der Waals surface area contributed by atoms with Crippen molar-refractivity contribution < 1.29 is 8.78 Å². The molecule has 2 nitrogen and oxygen atoms in total. The van der Waals surface area contributed by atoms with Gasteiger partial charge in [0, 0.05) is 22.2 Å². The predicted molar refractivity (Wildman–Crippen MR) is 126 cm³/mol. The van der Waals surface area contributed by atoms with Gasteiger partial charge >= 0.3 is 0 Å². The number of pyridine rings is 1. The van der Waals surface area contributed by atoms with Crippen molar-refractivity contribution in [3.8, 4) is 22.4 Å². The summed E-state index contributed by atoms with van der Waals surface area (Å²) in [5, 5.41) is 0.995. The van der Waals surface area contributed by atoms with E-state index in [1.54, 1.807) is 24.3 Å². The first-order valence-electron chi connectivity index (χ1n) is 10.4. The third kappa shape index (κ3) is 3.71. The molecule has 0 unspecified atom stereocenters. The molecule has 32 heavy (non-hydrogen) atoms. The standard InChI is InChI=1S/C28H20F2N2/c29-20-13-9-18(10-14-20)17-24-22-5-2-4-8-26(22)32-28(23-6-1-3-7-25(23)31)27(24)19-11-15-21(30)16-12-19/h1-16H,17,31H2. The lowest BCUT2D eigenvalue weighted by Crippen LogP contribution is -2.02. The van der Waals surface area contributed by atoms with E-state index in [1.807, 2.05) is 48.5 Å². The summed E-state index contributed by atoms with van der Waals surface area (Å²) in [6.07, 6.45) is 0.565. The van der Waals surface area contributed by atoms with Crippen LogP contribution in [0.3, 0.4) is 0 Å². The van der Waals surface area contributed by atoms with Crippen molar-refractivity contribution in [2.45, 2.75) is 6.42 Å². The summed E-state index contributed by atoms with van der Waals surface area (Å²) in [6.45, 7) is 0.